The Balaban J connectivity index is 1.42. The third kappa shape index (κ3) is 3.52. The number of allylic oxidation sites excluding steroid dienone is 2. The number of fused-ring (bicyclic) bond motifs is 5. The fourth-order valence-corrected chi connectivity index (χ4v) is 5.80. The van der Waals surface area contributed by atoms with Crippen LogP contribution in [0.2, 0.25) is 10.0 Å². The predicted octanol–water partition coefficient (Wildman–Crippen LogP) is 5.23. The summed E-state index contributed by atoms with van der Waals surface area (Å²) < 4.78 is 6.12. The van der Waals surface area contributed by atoms with E-state index in [4.69, 9.17) is 27.6 Å². The maximum atomic E-state index is 13.3. The minimum atomic E-state index is -0.845. The molecule has 0 radical (unpaired) electrons. The van der Waals surface area contributed by atoms with Crippen molar-refractivity contribution in [3.63, 3.8) is 0 Å². The lowest BCUT2D eigenvalue weighted by atomic mass is 9.85. The number of imide groups is 1. The molecule has 3 amide bonds. The van der Waals surface area contributed by atoms with Crippen molar-refractivity contribution < 1.29 is 18.8 Å². The van der Waals surface area contributed by atoms with E-state index >= 15 is 0 Å². The highest BCUT2D eigenvalue weighted by Gasteiger charge is 2.60. The smallest absolute Gasteiger partial charge is 0.234 e. The zero-order valence-corrected chi connectivity index (χ0v) is 19.2. The van der Waals surface area contributed by atoms with Crippen molar-refractivity contribution in [1.29, 1.82) is 0 Å². The second-order valence-corrected chi connectivity index (χ2v) is 9.71. The molecule has 9 heteroatoms. The molecule has 1 aliphatic heterocycles. The molecule has 1 aromatic carbocycles. The minimum absolute atomic E-state index is 0.0853. The Morgan fingerprint density at radius 2 is 1.81 bits per heavy atom. The molecule has 3 aliphatic rings. The number of hydrogen-bond acceptors (Lipinski definition) is 4. The van der Waals surface area contributed by atoms with Gasteiger partial charge in [-0.2, -0.15) is 0 Å². The number of carbonyl (C=O) groups excluding carboxylic acids is 3. The van der Waals surface area contributed by atoms with E-state index in [0.717, 1.165) is 6.42 Å². The van der Waals surface area contributed by atoms with Crippen molar-refractivity contribution in [2.45, 2.75) is 18.9 Å². The van der Waals surface area contributed by atoms with Crippen LogP contribution in [0.1, 0.15) is 24.6 Å². The normalized spacial score (nSPS) is 27.1. The SMILES string of the molecule is O=C(CC(c1ccc(Br)o1)N1C(=O)C2C3C=CC(C3)C2C1=O)Nc1ccc(Cl)cc1Cl. The third-order valence-electron chi connectivity index (χ3n) is 6.32. The number of nitrogens with zero attached hydrogens (tertiary/aromatic N) is 1. The van der Waals surface area contributed by atoms with Crippen LogP contribution < -0.4 is 5.32 Å². The number of hydrogen-bond donors (Lipinski definition) is 1. The molecule has 1 saturated carbocycles. The maximum absolute atomic E-state index is 13.3. The highest BCUT2D eigenvalue weighted by Crippen LogP contribution is 2.54. The Morgan fingerprint density at radius 3 is 2.39 bits per heavy atom. The van der Waals surface area contributed by atoms with Crippen LogP contribution in [0.5, 0.6) is 0 Å². The average molecular weight is 524 g/mol. The maximum Gasteiger partial charge on any atom is 0.234 e. The molecular weight excluding hydrogens is 507 g/mol. The summed E-state index contributed by atoms with van der Waals surface area (Å²) in [5.74, 6) is -1.03. The van der Waals surface area contributed by atoms with Gasteiger partial charge in [0.2, 0.25) is 17.7 Å². The number of carbonyl (C=O) groups is 3. The summed E-state index contributed by atoms with van der Waals surface area (Å²) in [5.41, 5.74) is 0.397. The summed E-state index contributed by atoms with van der Waals surface area (Å²) in [6, 6.07) is 7.23. The summed E-state index contributed by atoms with van der Waals surface area (Å²) in [6.45, 7) is 0. The monoisotopic (exact) mass is 522 g/mol. The highest BCUT2D eigenvalue weighted by atomic mass is 79.9. The Labute approximate surface area is 196 Å². The number of likely N-dealkylation sites (tertiary alicyclic amines) is 1. The van der Waals surface area contributed by atoms with Crippen molar-refractivity contribution in [2.75, 3.05) is 5.32 Å². The zero-order valence-electron chi connectivity index (χ0n) is 16.1. The first-order valence-electron chi connectivity index (χ1n) is 9.89. The van der Waals surface area contributed by atoms with Gasteiger partial charge >= 0.3 is 0 Å². The van der Waals surface area contributed by atoms with Crippen LogP contribution in [0.4, 0.5) is 5.69 Å². The van der Waals surface area contributed by atoms with Crippen molar-refractivity contribution in [1.82, 2.24) is 4.90 Å². The summed E-state index contributed by atoms with van der Waals surface area (Å²) in [7, 11) is 0. The average Bonchev–Trinajstić information content (AvgIpc) is 3.48. The van der Waals surface area contributed by atoms with Gasteiger partial charge < -0.3 is 9.73 Å². The first-order valence-corrected chi connectivity index (χ1v) is 11.4. The Kier molecular flexibility index (Phi) is 5.23. The molecule has 2 heterocycles. The topological polar surface area (TPSA) is 79.6 Å². The summed E-state index contributed by atoms with van der Waals surface area (Å²) >= 11 is 15.3. The number of anilines is 1. The number of benzene rings is 1. The third-order valence-corrected chi connectivity index (χ3v) is 7.30. The molecule has 5 unspecified atom stereocenters. The number of amides is 3. The van der Waals surface area contributed by atoms with Crippen LogP contribution in [-0.2, 0) is 14.4 Å². The first-order chi connectivity index (χ1) is 14.8. The van der Waals surface area contributed by atoms with Crippen molar-refractivity contribution in [2.24, 2.45) is 23.7 Å². The Bertz CT molecular complexity index is 1100. The van der Waals surface area contributed by atoms with E-state index in [1.54, 1.807) is 24.3 Å². The quantitative estimate of drug-likeness (QED) is 0.430. The van der Waals surface area contributed by atoms with Crippen LogP contribution >= 0.6 is 39.1 Å². The fraction of sp³-hybridized carbons (Fsp3) is 0.318. The standard InChI is InChI=1S/C22H17BrCl2N2O4/c23-17-6-5-16(31-17)15(9-18(28)26-14-4-3-12(24)8-13(14)25)27-21(29)19-10-1-2-11(7-10)20(19)22(27)30/h1-6,8,10-11,15,19-20H,7,9H2,(H,26,28). The van der Waals surface area contributed by atoms with E-state index in [0.29, 0.717) is 26.2 Å². The lowest BCUT2D eigenvalue weighted by Gasteiger charge is -2.26. The molecule has 2 aliphatic carbocycles. The van der Waals surface area contributed by atoms with Crippen LogP contribution in [0.25, 0.3) is 0 Å². The molecule has 6 nitrogen and oxygen atoms in total. The van der Waals surface area contributed by atoms with Crippen LogP contribution in [0.15, 0.2) is 51.6 Å². The van der Waals surface area contributed by atoms with E-state index in [2.05, 4.69) is 21.2 Å². The second-order valence-electron chi connectivity index (χ2n) is 8.08. The van der Waals surface area contributed by atoms with Gasteiger partial charge in [-0.05, 0) is 64.5 Å². The molecule has 2 bridgehead atoms. The van der Waals surface area contributed by atoms with Gasteiger partial charge in [0, 0.05) is 5.02 Å². The molecule has 31 heavy (non-hydrogen) atoms. The van der Waals surface area contributed by atoms with E-state index in [9.17, 15) is 14.4 Å². The second kappa shape index (κ2) is 7.80. The van der Waals surface area contributed by atoms with Gasteiger partial charge in [0.15, 0.2) is 4.67 Å². The lowest BCUT2D eigenvalue weighted by molar-refractivity contribution is -0.144. The molecule has 5 atom stereocenters. The van der Waals surface area contributed by atoms with Crippen molar-refractivity contribution >= 4 is 62.5 Å². The van der Waals surface area contributed by atoms with Gasteiger partial charge in [-0.25, -0.2) is 0 Å². The molecule has 5 rings (SSSR count). The van der Waals surface area contributed by atoms with Gasteiger partial charge in [-0.15, -0.1) is 0 Å². The van der Waals surface area contributed by atoms with Gasteiger partial charge in [-0.1, -0.05) is 35.4 Å². The predicted molar refractivity (Wildman–Crippen MR) is 118 cm³/mol. The zero-order chi connectivity index (χ0) is 21.9. The van der Waals surface area contributed by atoms with Crippen molar-refractivity contribution in [3.05, 3.63) is 63.0 Å². The number of rotatable bonds is 5. The van der Waals surface area contributed by atoms with Crippen LogP contribution in [0.3, 0.4) is 0 Å². The number of furan rings is 1. The molecule has 2 aromatic rings. The van der Waals surface area contributed by atoms with Crippen LogP contribution in [-0.4, -0.2) is 22.6 Å². The number of nitrogens with one attached hydrogen (secondary N) is 1. The Morgan fingerprint density at radius 1 is 1.13 bits per heavy atom. The first kappa shape index (κ1) is 20.8. The number of halogens is 3. The molecule has 2 fully saturated rings. The largest absolute Gasteiger partial charge is 0.452 e. The Hall–Kier alpha value is -2.09. The van der Waals surface area contributed by atoms with Gasteiger partial charge in [0.05, 0.1) is 29.0 Å². The van der Waals surface area contributed by atoms with Gasteiger partial charge in [0.25, 0.3) is 0 Å². The van der Waals surface area contributed by atoms with E-state index in [1.165, 1.54) is 11.0 Å². The summed E-state index contributed by atoms with van der Waals surface area (Å²) in [5, 5.41) is 3.48. The van der Waals surface area contributed by atoms with E-state index < -0.39 is 11.9 Å². The molecule has 1 aromatic heterocycles. The molecule has 1 saturated heterocycles. The van der Waals surface area contributed by atoms with E-state index in [1.807, 2.05) is 12.2 Å². The summed E-state index contributed by atoms with van der Waals surface area (Å²) in [6.07, 6.45) is 4.76. The molecule has 0 spiro atoms. The van der Waals surface area contributed by atoms with E-state index in [-0.39, 0.29) is 41.9 Å². The van der Waals surface area contributed by atoms with Crippen LogP contribution in [0, 0.1) is 23.7 Å². The lowest BCUT2D eigenvalue weighted by Crippen LogP contribution is -2.38. The van der Waals surface area contributed by atoms with Gasteiger partial charge in [-0.3, -0.25) is 19.3 Å². The van der Waals surface area contributed by atoms with Crippen molar-refractivity contribution in [3.8, 4) is 0 Å². The highest BCUT2D eigenvalue weighted by molar-refractivity contribution is 9.10. The fourth-order valence-electron chi connectivity index (χ4n) is 5.03. The van der Waals surface area contributed by atoms with Gasteiger partial charge in [0.1, 0.15) is 11.8 Å². The molecule has 1 N–H and O–H groups in total. The minimum Gasteiger partial charge on any atom is -0.452 e. The molecular formula is C22H17BrCl2N2O4. The molecule has 160 valence electrons. The summed E-state index contributed by atoms with van der Waals surface area (Å²) in [4.78, 5) is 40.7.